The minimum absolute atomic E-state index is 0.545. The topological polar surface area (TPSA) is 35.2 Å². The molecule has 0 radical (unpaired) electrons. The van der Waals surface area contributed by atoms with Crippen molar-refractivity contribution in [1.29, 1.82) is 0 Å². The molecule has 0 aromatic heterocycles. The fraction of sp³-hybridized carbons (Fsp3) is 0. The zero-order valence-corrected chi connectivity index (χ0v) is 12.5. The highest BCUT2D eigenvalue weighted by Crippen LogP contribution is 2.35. The number of nitrogens with two attached hydrogens (primary N) is 1. The van der Waals surface area contributed by atoms with Crippen molar-refractivity contribution < 1.29 is 4.74 Å². The Kier molecular flexibility index (Phi) is 3.97. The summed E-state index contributed by atoms with van der Waals surface area (Å²) in [7, 11) is 0. The third-order valence-corrected chi connectivity index (χ3v) is 3.48. The summed E-state index contributed by atoms with van der Waals surface area (Å²) in [5.41, 5.74) is 6.33. The van der Waals surface area contributed by atoms with Gasteiger partial charge < -0.3 is 10.5 Å². The molecule has 2 aromatic carbocycles. The number of rotatable bonds is 2. The van der Waals surface area contributed by atoms with Gasteiger partial charge in [0.2, 0.25) is 0 Å². The van der Waals surface area contributed by atoms with Gasteiger partial charge in [0.15, 0.2) is 0 Å². The first-order valence-electron chi connectivity index (χ1n) is 4.74. The Balaban J connectivity index is 2.31. The van der Waals surface area contributed by atoms with E-state index in [0.29, 0.717) is 22.2 Å². The molecule has 0 unspecified atom stereocenters. The monoisotopic (exact) mass is 375 g/mol. The van der Waals surface area contributed by atoms with E-state index in [2.05, 4.69) is 31.9 Å². The predicted octanol–water partition coefficient (Wildman–Crippen LogP) is 5.24. The number of halogens is 3. The zero-order chi connectivity index (χ0) is 12.4. The molecule has 2 nitrogen and oxygen atoms in total. The Bertz CT molecular complexity index is 511. The summed E-state index contributed by atoms with van der Waals surface area (Å²) in [5.74, 6) is 1.27. The first-order chi connectivity index (χ1) is 8.06. The van der Waals surface area contributed by atoms with E-state index in [4.69, 9.17) is 22.1 Å². The van der Waals surface area contributed by atoms with Gasteiger partial charge in [0.25, 0.3) is 0 Å². The van der Waals surface area contributed by atoms with Crippen LogP contribution in [0.25, 0.3) is 0 Å². The zero-order valence-electron chi connectivity index (χ0n) is 8.58. The van der Waals surface area contributed by atoms with Crippen LogP contribution >= 0.6 is 43.5 Å². The first kappa shape index (κ1) is 12.7. The number of ether oxygens (including phenoxy) is 1. The Morgan fingerprint density at radius 2 is 1.71 bits per heavy atom. The molecule has 2 aromatic rings. The summed E-state index contributed by atoms with van der Waals surface area (Å²) in [6, 6.07) is 10.8. The van der Waals surface area contributed by atoms with Crippen molar-refractivity contribution in [3.63, 3.8) is 0 Å². The van der Waals surface area contributed by atoms with Gasteiger partial charge in [-0.05, 0) is 52.3 Å². The first-order valence-corrected chi connectivity index (χ1v) is 6.70. The molecule has 0 bridgehead atoms. The summed E-state index contributed by atoms with van der Waals surface area (Å²) in [6.45, 7) is 0. The summed E-state index contributed by atoms with van der Waals surface area (Å²) in [4.78, 5) is 0. The molecule has 0 heterocycles. The second kappa shape index (κ2) is 5.29. The minimum atomic E-state index is 0.545. The maximum absolute atomic E-state index is 6.07. The molecule has 88 valence electrons. The highest BCUT2D eigenvalue weighted by atomic mass is 79.9. The number of hydrogen-bond donors (Lipinski definition) is 1. The quantitative estimate of drug-likeness (QED) is 0.727. The van der Waals surface area contributed by atoms with Crippen molar-refractivity contribution in [2.45, 2.75) is 0 Å². The summed E-state index contributed by atoms with van der Waals surface area (Å²) in [6.07, 6.45) is 0. The number of nitrogen functional groups attached to an aromatic ring is 1. The van der Waals surface area contributed by atoms with Crippen molar-refractivity contribution in [2.75, 3.05) is 5.73 Å². The van der Waals surface area contributed by atoms with Gasteiger partial charge in [-0.25, -0.2) is 0 Å². The average molecular weight is 377 g/mol. The lowest BCUT2D eigenvalue weighted by molar-refractivity contribution is 0.480. The highest BCUT2D eigenvalue weighted by molar-refractivity contribution is 9.10. The Morgan fingerprint density at radius 3 is 2.35 bits per heavy atom. The third-order valence-electron chi connectivity index (χ3n) is 2.07. The molecule has 5 heteroatoms. The van der Waals surface area contributed by atoms with E-state index < -0.39 is 0 Å². The standard InChI is InChI=1S/C12H8Br2ClNO/c13-7-1-3-12(10(15)5-7)17-11-4-2-8(16)6-9(11)14/h1-6H,16H2. The molecule has 0 aliphatic carbocycles. The summed E-state index contributed by atoms with van der Waals surface area (Å²) < 4.78 is 7.39. The molecule has 0 saturated carbocycles. The van der Waals surface area contributed by atoms with Crippen molar-refractivity contribution in [2.24, 2.45) is 0 Å². The van der Waals surface area contributed by atoms with Gasteiger partial charge in [-0.1, -0.05) is 27.5 Å². The van der Waals surface area contributed by atoms with Crippen LogP contribution in [0.2, 0.25) is 5.02 Å². The Morgan fingerprint density at radius 1 is 1.00 bits per heavy atom. The van der Waals surface area contributed by atoms with Gasteiger partial charge in [0, 0.05) is 10.2 Å². The van der Waals surface area contributed by atoms with Gasteiger partial charge in [0.05, 0.1) is 9.50 Å². The van der Waals surface area contributed by atoms with Crippen LogP contribution in [-0.2, 0) is 0 Å². The molecule has 0 fully saturated rings. The van der Waals surface area contributed by atoms with Crippen molar-refractivity contribution in [3.8, 4) is 11.5 Å². The molecule has 0 amide bonds. The van der Waals surface area contributed by atoms with Crippen LogP contribution in [0.1, 0.15) is 0 Å². The van der Waals surface area contributed by atoms with Crippen molar-refractivity contribution >= 4 is 49.1 Å². The van der Waals surface area contributed by atoms with E-state index in [-0.39, 0.29) is 0 Å². The van der Waals surface area contributed by atoms with E-state index in [9.17, 15) is 0 Å². The van der Waals surface area contributed by atoms with Crippen molar-refractivity contribution in [1.82, 2.24) is 0 Å². The lowest BCUT2D eigenvalue weighted by Crippen LogP contribution is -1.89. The smallest absolute Gasteiger partial charge is 0.146 e. The average Bonchev–Trinajstić information content (AvgIpc) is 2.25. The maximum Gasteiger partial charge on any atom is 0.146 e. The van der Waals surface area contributed by atoms with E-state index in [1.807, 2.05) is 6.07 Å². The second-order valence-corrected chi connectivity index (χ2v) is 5.54. The normalized spacial score (nSPS) is 10.3. The van der Waals surface area contributed by atoms with Gasteiger partial charge in [-0.2, -0.15) is 0 Å². The predicted molar refractivity (Wildman–Crippen MR) is 77.8 cm³/mol. The van der Waals surface area contributed by atoms with Gasteiger partial charge in [-0.15, -0.1) is 0 Å². The second-order valence-electron chi connectivity index (χ2n) is 3.37. The largest absolute Gasteiger partial charge is 0.455 e. The number of anilines is 1. The fourth-order valence-electron chi connectivity index (χ4n) is 1.28. The van der Waals surface area contributed by atoms with Crippen LogP contribution in [0.3, 0.4) is 0 Å². The molecule has 0 atom stereocenters. The van der Waals surface area contributed by atoms with Gasteiger partial charge in [0.1, 0.15) is 11.5 Å². The van der Waals surface area contributed by atoms with Gasteiger partial charge in [-0.3, -0.25) is 0 Å². The van der Waals surface area contributed by atoms with Crippen LogP contribution < -0.4 is 10.5 Å². The Labute approximate surface area is 121 Å². The molecule has 0 spiro atoms. The SMILES string of the molecule is Nc1ccc(Oc2ccc(Br)cc2Cl)c(Br)c1. The lowest BCUT2D eigenvalue weighted by atomic mass is 10.3. The summed E-state index contributed by atoms with van der Waals surface area (Å²) in [5, 5.41) is 0.545. The van der Waals surface area contributed by atoms with Gasteiger partial charge >= 0.3 is 0 Å². The van der Waals surface area contributed by atoms with E-state index >= 15 is 0 Å². The molecular weight excluding hydrogens is 369 g/mol. The molecule has 2 rings (SSSR count). The van der Waals surface area contributed by atoms with E-state index in [1.165, 1.54) is 0 Å². The molecule has 17 heavy (non-hydrogen) atoms. The van der Waals surface area contributed by atoms with Crippen LogP contribution in [-0.4, -0.2) is 0 Å². The lowest BCUT2D eigenvalue weighted by Gasteiger charge is -2.09. The van der Waals surface area contributed by atoms with Crippen molar-refractivity contribution in [3.05, 3.63) is 50.4 Å². The number of hydrogen-bond acceptors (Lipinski definition) is 2. The Hall–Kier alpha value is -0.710. The fourth-order valence-corrected chi connectivity index (χ4v) is 2.47. The van der Waals surface area contributed by atoms with Crippen LogP contribution in [0, 0.1) is 0 Å². The third kappa shape index (κ3) is 3.15. The minimum Gasteiger partial charge on any atom is -0.455 e. The molecule has 0 aliphatic rings. The molecule has 2 N–H and O–H groups in total. The molecule has 0 aliphatic heterocycles. The summed E-state index contributed by atoms with van der Waals surface area (Å²) >= 11 is 12.8. The van der Waals surface area contributed by atoms with Crippen LogP contribution in [0.4, 0.5) is 5.69 Å². The van der Waals surface area contributed by atoms with Crippen LogP contribution in [0.5, 0.6) is 11.5 Å². The van der Waals surface area contributed by atoms with Crippen LogP contribution in [0.15, 0.2) is 45.3 Å². The number of benzene rings is 2. The molecule has 0 saturated heterocycles. The molecular formula is C12H8Br2ClNO. The maximum atomic E-state index is 6.07. The highest BCUT2D eigenvalue weighted by Gasteiger charge is 2.06. The van der Waals surface area contributed by atoms with E-state index in [0.717, 1.165) is 8.95 Å². The van der Waals surface area contributed by atoms with E-state index in [1.54, 1.807) is 30.3 Å².